The highest BCUT2D eigenvalue weighted by Gasteiger charge is 2.35. The fourth-order valence-electron chi connectivity index (χ4n) is 2.44. The molecule has 26 heavy (non-hydrogen) atoms. The maximum atomic E-state index is 12.4. The molecule has 0 heterocycles. The molecule has 0 fully saturated rings. The van der Waals surface area contributed by atoms with Crippen molar-refractivity contribution in [2.45, 2.75) is 12.3 Å². The summed E-state index contributed by atoms with van der Waals surface area (Å²) in [5.41, 5.74) is -0.186. The number of carboxylic acid groups (broad SMARTS) is 1. The van der Waals surface area contributed by atoms with E-state index in [1.807, 2.05) is 6.07 Å². The zero-order chi connectivity index (χ0) is 19.0. The van der Waals surface area contributed by atoms with E-state index < -0.39 is 11.4 Å². The van der Waals surface area contributed by atoms with Gasteiger partial charge in [-0.1, -0.05) is 36.4 Å². The molecule has 0 aliphatic carbocycles. The quantitative estimate of drug-likeness (QED) is 0.674. The number of nitrogens with one attached hydrogen (secondary N) is 1. The molecular weight excluding hydrogens is 334 g/mol. The molecule has 1 amide bonds. The minimum atomic E-state index is -1.22. The Morgan fingerprint density at radius 1 is 1.08 bits per heavy atom. The normalized spacial score (nSPS) is 12.8. The van der Waals surface area contributed by atoms with Gasteiger partial charge in [0.2, 0.25) is 0 Å². The molecule has 0 aliphatic heterocycles. The third-order valence-electron chi connectivity index (χ3n) is 4.14. The molecule has 0 radical (unpaired) electrons. The van der Waals surface area contributed by atoms with Gasteiger partial charge in [0, 0.05) is 19.2 Å². The molecule has 0 aromatic heterocycles. The van der Waals surface area contributed by atoms with E-state index in [1.165, 1.54) is 0 Å². The van der Waals surface area contributed by atoms with Crippen LogP contribution in [0.5, 0.6) is 5.75 Å². The van der Waals surface area contributed by atoms with Gasteiger partial charge in [-0.2, -0.15) is 0 Å². The molecule has 2 aromatic carbocycles. The summed E-state index contributed by atoms with van der Waals surface area (Å²) in [5.74, 6) is -0.801. The summed E-state index contributed by atoms with van der Waals surface area (Å²) in [6.45, 7) is 2.40. The second kappa shape index (κ2) is 9.01. The summed E-state index contributed by atoms with van der Waals surface area (Å²) < 4.78 is 10.4. The number of rotatable bonds is 9. The number of benzene rings is 2. The maximum Gasteiger partial charge on any atom is 0.315 e. The Bertz CT molecular complexity index is 747. The first kappa shape index (κ1) is 19.5. The Balaban J connectivity index is 2.07. The van der Waals surface area contributed by atoms with Gasteiger partial charge in [-0.15, -0.1) is 0 Å². The van der Waals surface area contributed by atoms with Crippen LogP contribution in [-0.2, 0) is 14.9 Å². The number of hydrogen-bond donors (Lipinski definition) is 2. The summed E-state index contributed by atoms with van der Waals surface area (Å²) in [5, 5.41) is 12.4. The number of carbonyl (C=O) groups is 2. The summed E-state index contributed by atoms with van der Waals surface area (Å²) in [6.07, 6.45) is 0. The van der Waals surface area contributed by atoms with Crippen molar-refractivity contribution in [2.24, 2.45) is 0 Å². The van der Waals surface area contributed by atoms with Crippen LogP contribution in [0.2, 0.25) is 0 Å². The van der Waals surface area contributed by atoms with Crippen LogP contribution in [0.15, 0.2) is 54.6 Å². The van der Waals surface area contributed by atoms with Crippen molar-refractivity contribution < 1.29 is 24.2 Å². The van der Waals surface area contributed by atoms with Gasteiger partial charge in [-0.05, 0) is 30.7 Å². The van der Waals surface area contributed by atoms with Gasteiger partial charge >= 0.3 is 5.97 Å². The first-order chi connectivity index (χ1) is 12.5. The number of aliphatic carboxylic acids is 1. The van der Waals surface area contributed by atoms with Crippen LogP contribution in [0.25, 0.3) is 0 Å². The predicted octanol–water partition coefficient (Wildman–Crippen LogP) is 2.48. The highest BCUT2D eigenvalue weighted by atomic mass is 16.5. The van der Waals surface area contributed by atoms with Crippen molar-refractivity contribution in [2.75, 3.05) is 26.9 Å². The van der Waals surface area contributed by atoms with E-state index in [-0.39, 0.29) is 12.5 Å². The summed E-state index contributed by atoms with van der Waals surface area (Å²) in [7, 11) is 1.58. The number of carbonyl (C=O) groups excluding carboxylic acids is 1. The van der Waals surface area contributed by atoms with E-state index in [9.17, 15) is 14.7 Å². The summed E-state index contributed by atoms with van der Waals surface area (Å²) in [6, 6.07) is 15.6. The molecule has 0 spiro atoms. The van der Waals surface area contributed by atoms with Gasteiger partial charge in [0.25, 0.3) is 5.91 Å². The van der Waals surface area contributed by atoms with Crippen LogP contribution >= 0.6 is 0 Å². The molecular formula is C20H23NO5. The van der Waals surface area contributed by atoms with E-state index >= 15 is 0 Å². The highest BCUT2D eigenvalue weighted by molar-refractivity contribution is 5.95. The van der Waals surface area contributed by atoms with Gasteiger partial charge in [0.1, 0.15) is 17.8 Å². The summed E-state index contributed by atoms with van der Waals surface area (Å²) in [4.78, 5) is 24.2. The zero-order valence-corrected chi connectivity index (χ0v) is 14.9. The molecule has 2 rings (SSSR count). The molecule has 6 heteroatoms. The number of amides is 1. The van der Waals surface area contributed by atoms with E-state index in [4.69, 9.17) is 9.47 Å². The lowest BCUT2D eigenvalue weighted by atomic mass is 9.82. The van der Waals surface area contributed by atoms with Crippen molar-refractivity contribution in [1.29, 1.82) is 0 Å². The average molecular weight is 357 g/mol. The van der Waals surface area contributed by atoms with E-state index in [0.29, 0.717) is 30.1 Å². The van der Waals surface area contributed by atoms with Crippen molar-refractivity contribution >= 4 is 11.9 Å². The standard InChI is InChI=1S/C20H23NO5/c1-20(19(23)24,16-8-4-3-5-9-16)14-21-18(22)15-7-6-10-17(13-15)26-12-11-25-2/h3-10,13H,11-12,14H2,1-2H3,(H,21,22)(H,23,24). The Kier molecular flexibility index (Phi) is 6.74. The minimum Gasteiger partial charge on any atom is -0.491 e. The van der Waals surface area contributed by atoms with Crippen LogP contribution in [0.3, 0.4) is 0 Å². The fraction of sp³-hybridized carbons (Fsp3) is 0.300. The summed E-state index contributed by atoms with van der Waals surface area (Å²) >= 11 is 0. The van der Waals surface area contributed by atoms with Crippen LogP contribution in [0.1, 0.15) is 22.8 Å². The lowest BCUT2D eigenvalue weighted by molar-refractivity contribution is -0.142. The first-order valence-corrected chi connectivity index (χ1v) is 8.26. The molecule has 2 N–H and O–H groups in total. The van der Waals surface area contributed by atoms with Crippen molar-refractivity contribution in [3.05, 3.63) is 65.7 Å². The van der Waals surface area contributed by atoms with E-state index in [0.717, 1.165) is 0 Å². The number of ether oxygens (including phenoxy) is 2. The molecule has 0 aliphatic rings. The molecule has 1 unspecified atom stereocenters. The second-order valence-corrected chi connectivity index (χ2v) is 6.06. The average Bonchev–Trinajstić information content (AvgIpc) is 2.67. The topological polar surface area (TPSA) is 84.9 Å². The third-order valence-corrected chi connectivity index (χ3v) is 4.14. The Morgan fingerprint density at radius 3 is 2.46 bits per heavy atom. The monoisotopic (exact) mass is 357 g/mol. The second-order valence-electron chi connectivity index (χ2n) is 6.06. The predicted molar refractivity (Wildman–Crippen MR) is 97.6 cm³/mol. The SMILES string of the molecule is COCCOc1cccc(C(=O)NCC(C)(C(=O)O)c2ccccc2)c1. The maximum absolute atomic E-state index is 12.4. The van der Waals surface area contributed by atoms with Crippen molar-refractivity contribution in [1.82, 2.24) is 5.32 Å². The van der Waals surface area contributed by atoms with E-state index in [2.05, 4.69) is 5.32 Å². The number of carboxylic acids is 1. The van der Waals surface area contributed by atoms with Gasteiger partial charge < -0.3 is 19.9 Å². The van der Waals surface area contributed by atoms with Crippen LogP contribution in [0, 0.1) is 0 Å². The molecule has 138 valence electrons. The molecule has 0 saturated heterocycles. The molecule has 6 nitrogen and oxygen atoms in total. The smallest absolute Gasteiger partial charge is 0.315 e. The van der Waals surface area contributed by atoms with Gasteiger partial charge in [0.05, 0.1) is 6.61 Å². The van der Waals surface area contributed by atoms with Gasteiger partial charge in [-0.25, -0.2) is 0 Å². The molecule has 1 atom stereocenters. The Hall–Kier alpha value is -2.86. The van der Waals surface area contributed by atoms with Gasteiger partial charge in [0.15, 0.2) is 0 Å². The van der Waals surface area contributed by atoms with Crippen LogP contribution in [-0.4, -0.2) is 43.9 Å². The molecule has 0 bridgehead atoms. The lowest BCUT2D eigenvalue weighted by Gasteiger charge is -2.25. The Morgan fingerprint density at radius 2 is 1.81 bits per heavy atom. The van der Waals surface area contributed by atoms with Crippen molar-refractivity contribution in [3.8, 4) is 5.75 Å². The van der Waals surface area contributed by atoms with Crippen molar-refractivity contribution in [3.63, 3.8) is 0 Å². The van der Waals surface area contributed by atoms with Crippen LogP contribution in [0.4, 0.5) is 0 Å². The lowest BCUT2D eigenvalue weighted by Crippen LogP contribution is -2.44. The molecule has 0 saturated carbocycles. The van der Waals surface area contributed by atoms with Crippen LogP contribution < -0.4 is 10.1 Å². The molecule has 2 aromatic rings. The van der Waals surface area contributed by atoms with Gasteiger partial charge in [-0.3, -0.25) is 9.59 Å². The minimum absolute atomic E-state index is 0.0278. The fourth-order valence-corrected chi connectivity index (χ4v) is 2.44. The zero-order valence-electron chi connectivity index (χ0n) is 14.9. The number of hydrogen-bond acceptors (Lipinski definition) is 4. The number of methoxy groups -OCH3 is 1. The Labute approximate surface area is 152 Å². The first-order valence-electron chi connectivity index (χ1n) is 8.26. The third kappa shape index (κ3) is 4.83. The largest absolute Gasteiger partial charge is 0.491 e. The van der Waals surface area contributed by atoms with E-state index in [1.54, 1.807) is 62.6 Å². The highest BCUT2D eigenvalue weighted by Crippen LogP contribution is 2.23.